The topological polar surface area (TPSA) is 51.0 Å². The smallest absolute Gasteiger partial charge is 0.240 e. The number of aromatic nitrogens is 2. The van der Waals surface area contributed by atoms with Crippen LogP contribution in [0.25, 0.3) is 11.4 Å². The Bertz CT molecular complexity index is 556. The quantitative estimate of drug-likeness (QED) is 0.669. The molecule has 2 rings (SSSR count). The van der Waals surface area contributed by atoms with Crippen molar-refractivity contribution >= 4 is 11.6 Å². The second kappa shape index (κ2) is 5.75. The van der Waals surface area contributed by atoms with Crippen molar-refractivity contribution in [3.63, 3.8) is 0 Å². The molecule has 4 nitrogen and oxygen atoms in total. The average molecular weight is 268 g/mol. The Kier molecular flexibility index (Phi) is 4.07. The van der Waals surface area contributed by atoms with Crippen LogP contribution in [0.4, 0.5) is 4.39 Å². The molecule has 1 N–H and O–H groups in total. The minimum Gasteiger partial charge on any atom is -0.338 e. The summed E-state index contributed by atoms with van der Waals surface area (Å²) in [4.78, 5) is 4.16. The minimum atomic E-state index is -0.403. The molecule has 0 aliphatic carbocycles. The Labute approximate surface area is 108 Å². The molecule has 0 amide bonds. The van der Waals surface area contributed by atoms with Crippen molar-refractivity contribution in [2.75, 3.05) is 6.54 Å². The predicted molar refractivity (Wildman–Crippen MR) is 66.6 cm³/mol. The van der Waals surface area contributed by atoms with Gasteiger partial charge in [-0.05, 0) is 18.2 Å². The molecular formula is C12H11ClFN3O. The highest BCUT2D eigenvalue weighted by molar-refractivity contribution is 6.33. The van der Waals surface area contributed by atoms with E-state index < -0.39 is 5.82 Å². The molecule has 0 bridgehead atoms. The van der Waals surface area contributed by atoms with E-state index in [1.807, 2.05) is 0 Å². The van der Waals surface area contributed by atoms with Crippen molar-refractivity contribution in [2.45, 2.75) is 6.54 Å². The molecule has 18 heavy (non-hydrogen) atoms. The van der Waals surface area contributed by atoms with Crippen LogP contribution >= 0.6 is 11.6 Å². The molecule has 1 aromatic carbocycles. The van der Waals surface area contributed by atoms with Gasteiger partial charge in [0.05, 0.1) is 11.6 Å². The largest absolute Gasteiger partial charge is 0.338 e. The van der Waals surface area contributed by atoms with E-state index >= 15 is 0 Å². The van der Waals surface area contributed by atoms with Gasteiger partial charge in [-0.2, -0.15) is 4.98 Å². The third kappa shape index (κ3) is 2.94. The first kappa shape index (κ1) is 12.7. The summed E-state index contributed by atoms with van der Waals surface area (Å²) >= 11 is 5.91. The van der Waals surface area contributed by atoms with Crippen LogP contribution in [0.2, 0.25) is 5.02 Å². The number of hydrogen-bond acceptors (Lipinski definition) is 4. The molecule has 0 radical (unpaired) electrons. The molecule has 0 saturated heterocycles. The molecule has 94 valence electrons. The van der Waals surface area contributed by atoms with Gasteiger partial charge in [-0.3, -0.25) is 0 Å². The lowest BCUT2D eigenvalue weighted by Gasteiger charge is -1.97. The number of nitrogens with zero attached hydrogens (tertiary/aromatic N) is 2. The van der Waals surface area contributed by atoms with Crippen molar-refractivity contribution in [1.82, 2.24) is 15.5 Å². The maximum Gasteiger partial charge on any atom is 0.240 e. The molecule has 0 unspecified atom stereocenters. The van der Waals surface area contributed by atoms with E-state index in [9.17, 15) is 4.39 Å². The van der Waals surface area contributed by atoms with Gasteiger partial charge in [-0.25, -0.2) is 4.39 Å². The summed E-state index contributed by atoms with van der Waals surface area (Å²) in [6, 6.07) is 4.03. The van der Waals surface area contributed by atoms with Crippen molar-refractivity contribution in [2.24, 2.45) is 0 Å². The molecule has 6 heteroatoms. The van der Waals surface area contributed by atoms with Gasteiger partial charge in [0.25, 0.3) is 0 Å². The maximum absolute atomic E-state index is 12.9. The van der Waals surface area contributed by atoms with Gasteiger partial charge in [0.15, 0.2) is 0 Å². The van der Waals surface area contributed by atoms with Gasteiger partial charge in [-0.15, -0.1) is 6.58 Å². The van der Waals surface area contributed by atoms with Gasteiger partial charge >= 0.3 is 0 Å². The third-order valence-corrected chi connectivity index (χ3v) is 2.52. The van der Waals surface area contributed by atoms with Crippen molar-refractivity contribution in [1.29, 1.82) is 0 Å². The van der Waals surface area contributed by atoms with Crippen molar-refractivity contribution < 1.29 is 8.91 Å². The van der Waals surface area contributed by atoms with E-state index in [2.05, 4.69) is 22.0 Å². The highest BCUT2D eigenvalue weighted by Gasteiger charge is 2.11. The van der Waals surface area contributed by atoms with Crippen LogP contribution in [-0.2, 0) is 6.54 Å². The number of halogens is 2. The molecule has 0 spiro atoms. The summed E-state index contributed by atoms with van der Waals surface area (Å²) in [6.45, 7) is 4.67. The Morgan fingerprint density at radius 2 is 2.33 bits per heavy atom. The summed E-state index contributed by atoms with van der Waals surface area (Å²) in [7, 11) is 0. The Morgan fingerprint density at radius 1 is 1.50 bits per heavy atom. The average Bonchev–Trinajstić information content (AvgIpc) is 2.78. The van der Waals surface area contributed by atoms with Crippen LogP contribution in [0, 0.1) is 5.82 Å². The van der Waals surface area contributed by atoms with E-state index in [0.29, 0.717) is 30.4 Å². The van der Waals surface area contributed by atoms with Crippen molar-refractivity contribution in [3.8, 4) is 11.4 Å². The van der Waals surface area contributed by atoms with E-state index in [1.54, 1.807) is 6.08 Å². The zero-order chi connectivity index (χ0) is 13.0. The van der Waals surface area contributed by atoms with Crippen molar-refractivity contribution in [3.05, 3.63) is 47.6 Å². The van der Waals surface area contributed by atoms with E-state index in [0.717, 1.165) is 0 Å². The first-order chi connectivity index (χ1) is 8.70. The van der Waals surface area contributed by atoms with Gasteiger partial charge in [0.2, 0.25) is 11.7 Å². The number of rotatable bonds is 5. The Balaban J connectivity index is 2.16. The summed E-state index contributed by atoms with van der Waals surface area (Å²) in [5, 5.41) is 7.08. The second-order valence-electron chi connectivity index (χ2n) is 3.56. The maximum atomic E-state index is 12.9. The van der Waals surface area contributed by atoms with Crippen LogP contribution in [0.1, 0.15) is 5.89 Å². The second-order valence-corrected chi connectivity index (χ2v) is 3.96. The first-order valence-electron chi connectivity index (χ1n) is 5.30. The molecule has 1 aromatic heterocycles. The summed E-state index contributed by atoms with van der Waals surface area (Å²) in [5.74, 6) is 0.378. The van der Waals surface area contributed by atoms with Crippen LogP contribution in [0.15, 0.2) is 35.4 Å². The molecule has 1 heterocycles. The molecule has 2 aromatic rings. The van der Waals surface area contributed by atoms with Crippen LogP contribution < -0.4 is 5.32 Å². The number of benzene rings is 1. The van der Waals surface area contributed by atoms with Gasteiger partial charge in [-0.1, -0.05) is 22.8 Å². The van der Waals surface area contributed by atoms with Crippen LogP contribution in [0.5, 0.6) is 0 Å². The lowest BCUT2D eigenvalue weighted by molar-refractivity contribution is 0.370. The van der Waals surface area contributed by atoms with Crippen LogP contribution in [0.3, 0.4) is 0 Å². The summed E-state index contributed by atoms with van der Waals surface area (Å²) in [6.07, 6.45) is 1.73. The monoisotopic (exact) mass is 267 g/mol. The molecule has 0 aliphatic rings. The summed E-state index contributed by atoms with van der Waals surface area (Å²) in [5.41, 5.74) is 0.539. The fourth-order valence-electron chi connectivity index (χ4n) is 1.39. The molecular weight excluding hydrogens is 257 g/mol. The van der Waals surface area contributed by atoms with E-state index in [4.69, 9.17) is 16.1 Å². The van der Waals surface area contributed by atoms with E-state index in [-0.39, 0.29) is 5.02 Å². The molecule has 0 atom stereocenters. The highest BCUT2D eigenvalue weighted by atomic mass is 35.5. The third-order valence-electron chi connectivity index (χ3n) is 2.21. The van der Waals surface area contributed by atoms with Gasteiger partial charge in [0.1, 0.15) is 5.82 Å². The Hall–Kier alpha value is -1.72. The Morgan fingerprint density at radius 3 is 3.06 bits per heavy atom. The number of nitrogens with one attached hydrogen (secondary N) is 1. The minimum absolute atomic E-state index is 0.251. The SMILES string of the molecule is C=CCNCc1nc(-c2ccc(F)cc2Cl)no1. The standard InChI is InChI=1S/C12H11ClFN3O/c1-2-5-15-7-11-16-12(17-18-11)9-4-3-8(14)6-10(9)13/h2-4,6,15H,1,5,7H2. The van der Waals surface area contributed by atoms with Gasteiger partial charge in [0, 0.05) is 12.1 Å². The fourth-order valence-corrected chi connectivity index (χ4v) is 1.64. The van der Waals surface area contributed by atoms with E-state index in [1.165, 1.54) is 18.2 Å². The van der Waals surface area contributed by atoms with Crippen LogP contribution in [-0.4, -0.2) is 16.7 Å². The zero-order valence-corrected chi connectivity index (χ0v) is 10.2. The predicted octanol–water partition coefficient (Wildman–Crippen LogP) is 2.80. The molecule has 0 aliphatic heterocycles. The number of hydrogen-bond donors (Lipinski definition) is 1. The molecule has 0 fully saturated rings. The van der Waals surface area contributed by atoms with Gasteiger partial charge < -0.3 is 9.84 Å². The summed E-state index contributed by atoms with van der Waals surface area (Å²) < 4.78 is 17.9. The fraction of sp³-hybridized carbons (Fsp3) is 0.167. The lowest BCUT2D eigenvalue weighted by atomic mass is 10.2. The highest BCUT2D eigenvalue weighted by Crippen LogP contribution is 2.26. The lowest BCUT2D eigenvalue weighted by Crippen LogP contribution is -2.12. The zero-order valence-electron chi connectivity index (χ0n) is 9.49. The first-order valence-corrected chi connectivity index (χ1v) is 5.68. The normalized spacial score (nSPS) is 10.6. The molecule has 0 saturated carbocycles.